The molecule has 2 atom stereocenters. The summed E-state index contributed by atoms with van der Waals surface area (Å²) in [6, 6.07) is 16.2. The molecule has 9 heteroatoms. The van der Waals surface area contributed by atoms with E-state index in [4.69, 9.17) is 9.47 Å². The van der Waals surface area contributed by atoms with E-state index in [2.05, 4.69) is 61.7 Å². The number of hydrogen-bond acceptors (Lipinski definition) is 8. The zero-order valence-corrected chi connectivity index (χ0v) is 21.4. The summed E-state index contributed by atoms with van der Waals surface area (Å²) in [7, 11) is 1.80. The number of H-pyrrole nitrogens is 1. The van der Waals surface area contributed by atoms with Crippen LogP contribution in [0.1, 0.15) is 41.3 Å². The van der Waals surface area contributed by atoms with Crippen LogP contribution in [0, 0.1) is 0 Å². The maximum absolute atomic E-state index is 12.4. The SMILES string of the molecule is CNc1ncc(C(C)Nc2ccc3c(c2)Cc2cccc(C4CN(c5ccc[nH]c5=O)CCO4)c2O3)cn1. The van der Waals surface area contributed by atoms with Gasteiger partial charge >= 0.3 is 0 Å². The fraction of sp³-hybridized carbons (Fsp3) is 0.276. The summed E-state index contributed by atoms with van der Waals surface area (Å²) in [6.07, 6.45) is 5.88. The van der Waals surface area contributed by atoms with E-state index in [0.717, 1.165) is 45.9 Å². The number of anilines is 3. The Bertz CT molecular complexity index is 1500. The van der Waals surface area contributed by atoms with Crippen molar-refractivity contribution in [2.45, 2.75) is 25.5 Å². The normalized spacial score (nSPS) is 17.1. The van der Waals surface area contributed by atoms with Gasteiger partial charge in [-0.05, 0) is 42.8 Å². The average Bonchev–Trinajstić information content (AvgIpc) is 2.96. The van der Waals surface area contributed by atoms with Gasteiger partial charge in [-0.2, -0.15) is 0 Å². The number of benzene rings is 2. The molecule has 2 unspecified atom stereocenters. The minimum Gasteiger partial charge on any atom is -0.456 e. The van der Waals surface area contributed by atoms with Gasteiger partial charge in [-0.15, -0.1) is 0 Å². The zero-order valence-electron chi connectivity index (χ0n) is 21.4. The first kappa shape index (κ1) is 24.0. The van der Waals surface area contributed by atoms with Gasteiger partial charge in [0, 0.05) is 67.5 Å². The van der Waals surface area contributed by atoms with Crippen LogP contribution in [0.2, 0.25) is 0 Å². The third-order valence-electron chi connectivity index (χ3n) is 7.11. The Morgan fingerprint density at radius 2 is 1.97 bits per heavy atom. The van der Waals surface area contributed by atoms with Crippen LogP contribution in [0.3, 0.4) is 0 Å². The minimum atomic E-state index is -0.196. The predicted molar refractivity (Wildman–Crippen MR) is 147 cm³/mol. The Hall–Kier alpha value is -4.37. The molecule has 0 spiro atoms. The van der Waals surface area contributed by atoms with Crippen molar-refractivity contribution in [2.24, 2.45) is 0 Å². The standard InChI is InChI=1S/C29H30N6O3/c1-18(21-15-32-29(30-2)33-16-21)34-22-8-9-25-20(14-22)13-19-5-3-6-23(27(19)38-25)26-17-35(11-12-37-26)24-7-4-10-31-28(24)36/h3-10,14-16,18,26,34H,11-13,17H2,1-2H3,(H,31,36)(H,30,32,33). The number of rotatable bonds is 6. The van der Waals surface area contributed by atoms with Gasteiger partial charge in [0.25, 0.3) is 5.56 Å². The quantitative estimate of drug-likeness (QED) is 0.303. The van der Waals surface area contributed by atoms with E-state index in [-0.39, 0.29) is 17.7 Å². The van der Waals surface area contributed by atoms with Gasteiger partial charge in [0.05, 0.1) is 12.6 Å². The second-order valence-electron chi connectivity index (χ2n) is 9.58. The molecule has 4 aromatic rings. The summed E-state index contributed by atoms with van der Waals surface area (Å²) in [5.74, 6) is 2.30. The van der Waals surface area contributed by atoms with Gasteiger partial charge < -0.3 is 30.0 Å². The lowest BCUT2D eigenvalue weighted by Crippen LogP contribution is -2.41. The van der Waals surface area contributed by atoms with Crippen LogP contribution in [-0.2, 0) is 11.2 Å². The summed E-state index contributed by atoms with van der Waals surface area (Å²) < 4.78 is 12.6. The number of nitrogens with zero attached hydrogens (tertiary/aromatic N) is 3. The number of fused-ring (bicyclic) bond motifs is 2. The smallest absolute Gasteiger partial charge is 0.271 e. The molecule has 194 valence electrons. The van der Waals surface area contributed by atoms with Gasteiger partial charge in [-0.1, -0.05) is 18.2 Å². The minimum absolute atomic E-state index is 0.0469. The number of ether oxygens (including phenoxy) is 2. The number of pyridine rings is 1. The van der Waals surface area contributed by atoms with E-state index in [1.165, 1.54) is 0 Å². The molecule has 0 saturated carbocycles. The van der Waals surface area contributed by atoms with Gasteiger partial charge in [-0.25, -0.2) is 9.97 Å². The third-order valence-corrected chi connectivity index (χ3v) is 7.11. The van der Waals surface area contributed by atoms with Crippen molar-refractivity contribution in [3.05, 3.63) is 99.7 Å². The molecule has 1 fully saturated rings. The van der Waals surface area contributed by atoms with Gasteiger partial charge in [0.1, 0.15) is 23.3 Å². The first-order valence-corrected chi connectivity index (χ1v) is 12.8. The number of hydrogen-bond donors (Lipinski definition) is 3. The molecule has 0 aliphatic carbocycles. The maximum Gasteiger partial charge on any atom is 0.271 e. The first-order valence-electron chi connectivity index (χ1n) is 12.8. The molecule has 2 aliphatic heterocycles. The summed E-state index contributed by atoms with van der Waals surface area (Å²) in [5, 5.41) is 6.49. The molecule has 2 aromatic heterocycles. The van der Waals surface area contributed by atoms with Crippen molar-refractivity contribution in [3.8, 4) is 11.5 Å². The lowest BCUT2D eigenvalue weighted by molar-refractivity contribution is 0.0383. The third kappa shape index (κ3) is 4.68. The van der Waals surface area contributed by atoms with Crippen molar-refractivity contribution in [1.82, 2.24) is 15.0 Å². The molecule has 0 radical (unpaired) electrons. The van der Waals surface area contributed by atoms with E-state index in [0.29, 0.717) is 31.3 Å². The molecule has 4 heterocycles. The van der Waals surface area contributed by atoms with Crippen LogP contribution < -0.4 is 25.8 Å². The second kappa shape index (κ2) is 10.2. The lowest BCUT2D eigenvalue weighted by Gasteiger charge is -2.35. The molecular formula is C29H30N6O3. The molecule has 3 N–H and O–H groups in total. The number of aromatic nitrogens is 3. The number of para-hydroxylation sites is 1. The fourth-order valence-corrected chi connectivity index (χ4v) is 5.09. The molecule has 6 rings (SSSR count). The van der Waals surface area contributed by atoms with Crippen molar-refractivity contribution in [1.29, 1.82) is 0 Å². The van der Waals surface area contributed by atoms with Gasteiger partial charge in [-0.3, -0.25) is 4.79 Å². The van der Waals surface area contributed by atoms with Crippen LogP contribution in [0.4, 0.5) is 17.3 Å². The van der Waals surface area contributed by atoms with Gasteiger partial charge in [0.2, 0.25) is 5.95 Å². The molecule has 1 saturated heterocycles. The summed E-state index contributed by atoms with van der Waals surface area (Å²) in [5.41, 5.74) is 5.84. The van der Waals surface area contributed by atoms with E-state index in [1.54, 1.807) is 13.2 Å². The fourth-order valence-electron chi connectivity index (χ4n) is 5.09. The highest BCUT2D eigenvalue weighted by Crippen LogP contribution is 2.43. The van der Waals surface area contributed by atoms with Crippen molar-refractivity contribution in [3.63, 3.8) is 0 Å². The largest absolute Gasteiger partial charge is 0.456 e. The summed E-state index contributed by atoms with van der Waals surface area (Å²) in [6.45, 7) is 3.88. The van der Waals surface area contributed by atoms with E-state index in [1.807, 2.05) is 36.7 Å². The molecular weight excluding hydrogens is 480 g/mol. The summed E-state index contributed by atoms with van der Waals surface area (Å²) >= 11 is 0. The van der Waals surface area contributed by atoms with Crippen LogP contribution in [0.25, 0.3) is 0 Å². The Balaban J connectivity index is 1.20. The van der Waals surface area contributed by atoms with Crippen molar-refractivity contribution in [2.75, 3.05) is 42.3 Å². The number of aromatic amines is 1. The monoisotopic (exact) mass is 510 g/mol. The van der Waals surface area contributed by atoms with E-state index in [9.17, 15) is 4.79 Å². The maximum atomic E-state index is 12.4. The van der Waals surface area contributed by atoms with Crippen molar-refractivity contribution < 1.29 is 9.47 Å². The van der Waals surface area contributed by atoms with E-state index < -0.39 is 0 Å². The van der Waals surface area contributed by atoms with Crippen LogP contribution in [-0.4, -0.2) is 41.7 Å². The highest BCUT2D eigenvalue weighted by atomic mass is 16.5. The molecule has 0 bridgehead atoms. The predicted octanol–water partition coefficient (Wildman–Crippen LogP) is 4.65. The zero-order chi connectivity index (χ0) is 26.1. The highest BCUT2D eigenvalue weighted by Gasteiger charge is 2.29. The average molecular weight is 511 g/mol. The number of morpholine rings is 1. The molecule has 0 amide bonds. The number of nitrogens with one attached hydrogen (secondary N) is 3. The van der Waals surface area contributed by atoms with Gasteiger partial charge in [0.15, 0.2) is 0 Å². The second-order valence-corrected chi connectivity index (χ2v) is 9.58. The molecule has 2 aromatic carbocycles. The van der Waals surface area contributed by atoms with Crippen molar-refractivity contribution >= 4 is 17.3 Å². The van der Waals surface area contributed by atoms with Crippen LogP contribution in [0.5, 0.6) is 11.5 Å². The Morgan fingerprint density at radius 3 is 2.79 bits per heavy atom. The first-order chi connectivity index (χ1) is 18.6. The topological polar surface area (TPSA) is 104 Å². The van der Waals surface area contributed by atoms with Crippen LogP contribution >= 0.6 is 0 Å². The Morgan fingerprint density at radius 1 is 1.11 bits per heavy atom. The highest BCUT2D eigenvalue weighted by molar-refractivity contribution is 5.59. The molecule has 9 nitrogen and oxygen atoms in total. The van der Waals surface area contributed by atoms with Crippen LogP contribution in [0.15, 0.2) is 71.9 Å². The molecule has 2 aliphatic rings. The Labute approximate surface area is 220 Å². The Kier molecular flexibility index (Phi) is 6.43. The summed E-state index contributed by atoms with van der Waals surface area (Å²) in [4.78, 5) is 25.8. The molecule has 38 heavy (non-hydrogen) atoms. The lowest BCUT2D eigenvalue weighted by atomic mass is 9.95. The van der Waals surface area contributed by atoms with E-state index >= 15 is 0 Å².